The fourth-order valence-electron chi connectivity index (χ4n) is 3.94. The largest absolute Gasteiger partial charge is 0.496 e. The van der Waals surface area contributed by atoms with Gasteiger partial charge in [0.15, 0.2) is 0 Å². The van der Waals surface area contributed by atoms with E-state index in [4.69, 9.17) is 26.3 Å². The average molecular weight is 468 g/mol. The molecule has 1 aliphatic carbocycles. The summed E-state index contributed by atoms with van der Waals surface area (Å²) in [4.78, 5) is 13.6. The molecule has 0 saturated heterocycles. The van der Waals surface area contributed by atoms with Gasteiger partial charge in [-0.25, -0.2) is 9.97 Å². The lowest BCUT2D eigenvalue weighted by molar-refractivity contribution is 0.410. The molecular formula is C24H22ClN3OS2. The highest BCUT2D eigenvalue weighted by Crippen LogP contribution is 2.40. The van der Waals surface area contributed by atoms with E-state index in [-0.39, 0.29) is 0 Å². The number of halogens is 1. The van der Waals surface area contributed by atoms with Gasteiger partial charge < -0.3 is 10.1 Å². The Kier molecular flexibility index (Phi) is 6.03. The minimum atomic E-state index is 0.657. The van der Waals surface area contributed by atoms with Crippen LogP contribution in [0.4, 0.5) is 5.82 Å². The molecule has 1 aliphatic rings. The number of nitrogens with one attached hydrogen (secondary N) is 1. The molecular weight excluding hydrogens is 446 g/mol. The second-order valence-electron chi connectivity index (χ2n) is 7.43. The number of thiophene rings is 1. The Balaban J connectivity index is 1.45. The number of ether oxygens (including phenoxy) is 1. The molecule has 0 radical (unpaired) electrons. The van der Waals surface area contributed by atoms with Gasteiger partial charge in [-0.3, -0.25) is 0 Å². The van der Waals surface area contributed by atoms with Gasteiger partial charge in [0, 0.05) is 26.9 Å². The molecule has 0 fully saturated rings. The second-order valence-corrected chi connectivity index (χ2v) is 10.0. The number of nitrogens with zero attached hydrogens (tertiary/aromatic N) is 2. The maximum Gasteiger partial charge on any atom is 0.142 e. The molecule has 1 N–H and O–H groups in total. The Morgan fingerprint density at radius 1 is 1.10 bits per heavy atom. The Bertz CT molecular complexity index is 1220. The van der Waals surface area contributed by atoms with E-state index in [1.807, 2.05) is 53.8 Å². The van der Waals surface area contributed by atoms with Crippen molar-refractivity contribution in [3.05, 3.63) is 75.4 Å². The molecule has 0 bridgehead atoms. The average Bonchev–Trinajstić information content (AvgIpc) is 3.38. The molecule has 7 heteroatoms. The van der Waals surface area contributed by atoms with Crippen LogP contribution in [-0.4, -0.2) is 17.1 Å². The van der Waals surface area contributed by atoms with Gasteiger partial charge in [-0.2, -0.15) is 0 Å². The third-order valence-electron chi connectivity index (χ3n) is 5.43. The van der Waals surface area contributed by atoms with Crippen LogP contribution in [0.5, 0.6) is 5.75 Å². The monoisotopic (exact) mass is 467 g/mol. The van der Waals surface area contributed by atoms with Gasteiger partial charge in [-0.1, -0.05) is 29.8 Å². The van der Waals surface area contributed by atoms with Crippen molar-refractivity contribution in [1.82, 2.24) is 9.97 Å². The van der Waals surface area contributed by atoms with Crippen LogP contribution >= 0.6 is 34.7 Å². The zero-order valence-electron chi connectivity index (χ0n) is 17.2. The van der Waals surface area contributed by atoms with E-state index in [2.05, 4.69) is 11.4 Å². The maximum absolute atomic E-state index is 6.01. The Morgan fingerprint density at radius 3 is 2.77 bits per heavy atom. The van der Waals surface area contributed by atoms with E-state index in [9.17, 15) is 0 Å². The van der Waals surface area contributed by atoms with Crippen LogP contribution in [0.1, 0.15) is 28.2 Å². The first kappa shape index (κ1) is 20.6. The molecule has 0 unspecified atom stereocenters. The van der Waals surface area contributed by atoms with E-state index in [0.717, 1.165) is 50.5 Å². The summed E-state index contributed by atoms with van der Waals surface area (Å²) in [7, 11) is 1.71. The summed E-state index contributed by atoms with van der Waals surface area (Å²) in [5.41, 5.74) is 2.54. The number of benzene rings is 2. The van der Waals surface area contributed by atoms with Crippen LogP contribution < -0.4 is 10.1 Å². The third kappa shape index (κ3) is 4.38. The van der Waals surface area contributed by atoms with Crippen LogP contribution in [0.15, 0.2) is 53.4 Å². The highest BCUT2D eigenvalue weighted by atomic mass is 35.5. The zero-order valence-corrected chi connectivity index (χ0v) is 19.5. The van der Waals surface area contributed by atoms with Crippen molar-refractivity contribution in [3.63, 3.8) is 0 Å². The van der Waals surface area contributed by atoms with Gasteiger partial charge in [0.05, 0.1) is 18.2 Å². The standard InChI is InChI=1S/C24H22ClN3OS2/c1-29-19-7-3-2-5-15(19)13-26-23-22-18-6-4-8-20(18)31-24(22)28-21(27-23)14-30-17-11-9-16(25)10-12-17/h2-3,5,7,9-12H,4,6,8,13-14H2,1H3,(H,26,27,28). The van der Waals surface area contributed by atoms with Crippen LogP contribution in [0.25, 0.3) is 10.2 Å². The Hall–Kier alpha value is -2.28. The smallest absolute Gasteiger partial charge is 0.142 e. The summed E-state index contributed by atoms with van der Waals surface area (Å²) in [6.45, 7) is 0.657. The highest BCUT2D eigenvalue weighted by Gasteiger charge is 2.22. The summed E-state index contributed by atoms with van der Waals surface area (Å²) in [5, 5.41) is 5.54. The first-order valence-corrected chi connectivity index (χ1v) is 12.4. The molecule has 31 heavy (non-hydrogen) atoms. The number of thioether (sulfide) groups is 1. The molecule has 4 aromatic rings. The maximum atomic E-state index is 6.01. The third-order valence-corrected chi connectivity index (χ3v) is 7.88. The fraction of sp³-hybridized carbons (Fsp3) is 0.250. The second kappa shape index (κ2) is 9.07. The Morgan fingerprint density at radius 2 is 1.94 bits per heavy atom. The van der Waals surface area contributed by atoms with Crippen LogP contribution in [0.2, 0.25) is 5.02 Å². The number of anilines is 1. The van der Waals surface area contributed by atoms with E-state index in [1.54, 1.807) is 18.9 Å². The number of para-hydroxylation sites is 1. The van der Waals surface area contributed by atoms with Crippen molar-refractivity contribution in [2.24, 2.45) is 0 Å². The summed E-state index contributed by atoms with van der Waals surface area (Å²) < 4.78 is 5.52. The molecule has 5 rings (SSSR count). The van der Waals surface area contributed by atoms with Crippen LogP contribution in [0.3, 0.4) is 0 Å². The van der Waals surface area contributed by atoms with E-state index >= 15 is 0 Å². The summed E-state index contributed by atoms with van der Waals surface area (Å²) in [5.74, 6) is 3.37. The summed E-state index contributed by atoms with van der Waals surface area (Å²) in [6.07, 6.45) is 3.48. The van der Waals surface area contributed by atoms with Gasteiger partial charge in [0.1, 0.15) is 22.2 Å². The number of hydrogen-bond acceptors (Lipinski definition) is 6. The molecule has 158 valence electrons. The van der Waals surface area contributed by atoms with Gasteiger partial charge in [0.2, 0.25) is 0 Å². The molecule has 0 saturated carbocycles. The zero-order chi connectivity index (χ0) is 21.2. The summed E-state index contributed by atoms with van der Waals surface area (Å²) >= 11 is 9.56. The molecule has 2 heterocycles. The van der Waals surface area contributed by atoms with E-state index < -0.39 is 0 Å². The summed E-state index contributed by atoms with van der Waals surface area (Å²) in [6, 6.07) is 16.0. The van der Waals surface area contributed by atoms with Crippen molar-refractivity contribution in [1.29, 1.82) is 0 Å². The number of hydrogen-bond donors (Lipinski definition) is 1. The predicted octanol–water partition coefficient (Wildman–Crippen LogP) is 6.75. The molecule has 2 aromatic heterocycles. The number of fused-ring (bicyclic) bond motifs is 3. The van der Waals surface area contributed by atoms with Crippen LogP contribution in [-0.2, 0) is 25.1 Å². The molecule has 0 atom stereocenters. The molecule has 2 aromatic carbocycles. The van der Waals surface area contributed by atoms with Crippen molar-refractivity contribution < 1.29 is 4.74 Å². The van der Waals surface area contributed by atoms with Crippen molar-refractivity contribution in [3.8, 4) is 5.75 Å². The lowest BCUT2D eigenvalue weighted by atomic mass is 10.1. The first-order chi connectivity index (χ1) is 15.2. The lowest BCUT2D eigenvalue weighted by Crippen LogP contribution is -2.06. The number of aromatic nitrogens is 2. The SMILES string of the molecule is COc1ccccc1CNc1nc(CSc2ccc(Cl)cc2)nc2sc3c(c12)CCC3. The first-order valence-electron chi connectivity index (χ1n) is 10.3. The minimum absolute atomic E-state index is 0.657. The van der Waals surface area contributed by atoms with E-state index in [0.29, 0.717) is 12.3 Å². The lowest BCUT2D eigenvalue weighted by Gasteiger charge is -2.12. The van der Waals surface area contributed by atoms with Gasteiger partial charge in [-0.15, -0.1) is 23.1 Å². The number of methoxy groups -OCH3 is 1. The molecule has 4 nitrogen and oxygen atoms in total. The van der Waals surface area contributed by atoms with Crippen molar-refractivity contribution in [2.45, 2.75) is 36.5 Å². The predicted molar refractivity (Wildman–Crippen MR) is 131 cm³/mol. The molecule has 0 amide bonds. The number of rotatable bonds is 7. The number of aryl methyl sites for hydroxylation is 2. The topological polar surface area (TPSA) is 47.0 Å². The quantitative estimate of drug-likeness (QED) is 0.305. The van der Waals surface area contributed by atoms with Gasteiger partial charge >= 0.3 is 0 Å². The molecule has 0 spiro atoms. The van der Waals surface area contributed by atoms with Gasteiger partial charge in [0.25, 0.3) is 0 Å². The Labute approximate surface area is 195 Å². The fourth-order valence-corrected chi connectivity index (χ4v) is 6.10. The van der Waals surface area contributed by atoms with E-state index in [1.165, 1.54) is 22.2 Å². The normalized spacial score (nSPS) is 12.8. The van der Waals surface area contributed by atoms with Crippen molar-refractivity contribution >= 4 is 50.7 Å². The minimum Gasteiger partial charge on any atom is -0.496 e. The highest BCUT2D eigenvalue weighted by molar-refractivity contribution is 7.98. The van der Waals surface area contributed by atoms with Crippen LogP contribution in [0, 0.1) is 0 Å². The molecule has 0 aliphatic heterocycles. The van der Waals surface area contributed by atoms with Gasteiger partial charge in [-0.05, 0) is 55.2 Å². The van der Waals surface area contributed by atoms with Crippen molar-refractivity contribution in [2.75, 3.05) is 12.4 Å².